The second-order valence-corrected chi connectivity index (χ2v) is 30.1. The predicted molar refractivity (Wildman–Crippen MR) is 358 cm³/mol. The Morgan fingerprint density at radius 3 is 0.697 bits per heavy atom. The monoisotopic (exact) mass is 1310 g/mol. The van der Waals surface area contributed by atoms with Gasteiger partial charge in [0.05, 0.1) is 26.4 Å². The molecule has 0 aromatic rings. The van der Waals surface area contributed by atoms with Crippen molar-refractivity contribution in [3.8, 4) is 0 Å². The standard InChI is InChI=1S/C70H136O17P2/c1-60(2)46-38-30-22-16-10-9-11-20-26-36-44-52-69(74)87-66(57-81-68(73)51-43-35-29-28-33-41-49-63(7)8)59-85-89(78,79)83-55-64(71)54-82-88(76,77)84-58-65(86-70(75)53-45-37-27-21-15-13-18-24-32-40-48-62(5)6)56-80-67(72)50-42-34-25-19-14-12-17-23-31-39-47-61(3)4/h60-66,71H,9-59H2,1-8H3,(H,76,77)(H,78,79)/t64-,65-,66-/m1/s1. The molecular formula is C70H136O17P2. The SMILES string of the molecule is CC(C)CCCCCCCCCCCCCC(=O)O[C@H](COC(=O)CCCCCCCCC(C)C)COP(=O)(O)OC[C@H](O)COP(=O)(O)OC[C@@H](COC(=O)CCCCCCCCCCCCC(C)C)OC(=O)CCCCCCCCCCCCC(C)C. The topological polar surface area (TPSA) is 237 Å². The molecule has 0 heterocycles. The minimum Gasteiger partial charge on any atom is -0.462 e. The Kier molecular flexibility index (Phi) is 58.5. The molecule has 2 unspecified atom stereocenters. The molecule has 0 aromatic heterocycles. The van der Waals surface area contributed by atoms with Crippen molar-refractivity contribution in [2.75, 3.05) is 39.6 Å². The fourth-order valence-corrected chi connectivity index (χ4v) is 12.1. The molecule has 0 fully saturated rings. The summed E-state index contributed by atoms with van der Waals surface area (Å²) in [5.74, 6) is 0.825. The van der Waals surface area contributed by atoms with E-state index < -0.39 is 97.5 Å². The largest absolute Gasteiger partial charge is 0.472 e. The second-order valence-electron chi connectivity index (χ2n) is 27.2. The van der Waals surface area contributed by atoms with E-state index in [4.69, 9.17) is 37.0 Å². The zero-order chi connectivity index (χ0) is 66.1. The van der Waals surface area contributed by atoms with Crippen molar-refractivity contribution in [2.45, 2.75) is 363 Å². The third-order valence-electron chi connectivity index (χ3n) is 16.1. The van der Waals surface area contributed by atoms with Crippen LogP contribution in [0.2, 0.25) is 0 Å². The van der Waals surface area contributed by atoms with Crippen molar-refractivity contribution >= 4 is 39.5 Å². The number of unbranched alkanes of at least 4 members (excludes halogenated alkanes) is 33. The van der Waals surface area contributed by atoms with Crippen LogP contribution in [0.3, 0.4) is 0 Å². The Morgan fingerprint density at radius 2 is 0.472 bits per heavy atom. The number of rotatable bonds is 67. The minimum absolute atomic E-state index is 0.105. The number of aliphatic hydroxyl groups excluding tert-OH is 1. The van der Waals surface area contributed by atoms with Crippen LogP contribution in [0.4, 0.5) is 0 Å². The van der Waals surface area contributed by atoms with Crippen LogP contribution in [-0.2, 0) is 65.4 Å². The molecule has 0 aromatic carbocycles. The molecule has 0 saturated carbocycles. The van der Waals surface area contributed by atoms with E-state index in [9.17, 15) is 43.2 Å². The minimum atomic E-state index is -4.95. The van der Waals surface area contributed by atoms with Gasteiger partial charge >= 0.3 is 39.5 Å². The number of phosphoric ester groups is 2. The van der Waals surface area contributed by atoms with E-state index in [-0.39, 0.29) is 25.7 Å². The summed E-state index contributed by atoms with van der Waals surface area (Å²) in [5.41, 5.74) is 0. The molecule has 528 valence electrons. The summed E-state index contributed by atoms with van der Waals surface area (Å²) in [7, 11) is -9.90. The zero-order valence-corrected chi connectivity index (χ0v) is 59.8. The highest BCUT2D eigenvalue weighted by atomic mass is 31.2. The summed E-state index contributed by atoms with van der Waals surface area (Å²) in [5, 5.41) is 10.6. The first-order chi connectivity index (χ1) is 42.6. The molecule has 0 amide bonds. The summed E-state index contributed by atoms with van der Waals surface area (Å²) < 4.78 is 68.3. The molecule has 0 radical (unpaired) electrons. The fraction of sp³-hybridized carbons (Fsp3) is 0.943. The van der Waals surface area contributed by atoms with Gasteiger partial charge in [-0.1, -0.05) is 293 Å². The van der Waals surface area contributed by atoms with Crippen LogP contribution in [0.5, 0.6) is 0 Å². The number of carbonyl (C=O) groups is 4. The third-order valence-corrected chi connectivity index (χ3v) is 18.0. The normalized spacial score (nSPS) is 14.3. The van der Waals surface area contributed by atoms with Gasteiger partial charge in [0.1, 0.15) is 19.3 Å². The van der Waals surface area contributed by atoms with E-state index in [1.54, 1.807) is 0 Å². The van der Waals surface area contributed by atoms with Gasteiger partial charge in [0, 0.05) is 25.7 Å². The van der Waals surface area contributed by atoms with Gasteiger partial charge < -0.3 is 33.8 Å². The lowest BCUT2D eigenvalue weighted by Crippen LogP contribution is -2.30. The Hall–Kier alpha value is -1.94. The van der Waals surface area contributed by atoms with E-state index in [2.05, 4.69) is 55.4 Å². The van der Waals surface area contributed by atoms with Gasteiger partial charge in [0.2, 0.25) is 0 Å². The van der Waals surface area contributed by atoms with E-state index in [1.165, 1.54) is 141 Å². The van der Waals surface area contributed by atoms with E-state index >= 15 is 0 Å². The van der Waals surface area contributed by atoms with Crippen LogP contribution < -0.4 is 0 Å². The van der Waals surface area contributed by atoms with Gasteiger partial charge in [-0.05, 0) is 49.4 Å². The molecule has 89 heavy (non-hydrogen) atoms. The van der Waals surface area contributed by atoms with Gasteiger partial charge in [-0.3, -0.25) is 37.3 Å². The molecule has 0 aliphatic rings. The highest BCUT2D eigenvalue weighted by molar-refractivity contribution is 7.47. The molecular weight excluding hydrogens is 1170 g/mol. The maximum Gasteiger partial charge on any atom is 0.472 e. The van der Waals surface area contributed by atoms with E-state index in [0.717, 1.165) is 114 Å². The lowest BCUT2D eigenvalue weighted by molar-refractivity contribution is -0.161. The Bertz CT molecular complexity index is 1760. The highest BCUT2D eigenvalue weighted by Crippen LogP contribution is 2.45. The predicted octanol–water partition coefficient (Wildman–Crippen LogP) is 19.7. The summed E-state index contributed by atoms with van der Waals surface area (Å²) in [6, 6.07) is 0. The van der Waals surface area contributed by atoms with Crippen LogP contribution in [0.15, 0.2) is 0 Å². The number of aliphatic hydroxyl groups is 1. The average Bonchev–Trinajstić information content (AvgIpc) is 3.66. The number of ether oxygens (including phenoxy) is 4. The molecule has 3 N–H and O–H groups in total. The molecule has 0 aliphatic carbocycles. The molecule has 0 rings (SSSR count). The number of carbonyl (C=O) groups excluding carboxylic acids is 4. The van der Waals surface area contributed by atoms with Gasteiger partial charge in [-0.15, -0.1) is 0 Å². The lowest BCUT2D eigenvalue weighted by Gasteiger charge is -2.21. The first-order valence-corrected chi connectivity index (χ1v) is 39.2. The molecule has 0 saturated heterocycles. The summed E-state index contributed by atoms with van der Waals surface area (Å²) >= 11 is 0. The van der Waals surface area contributed by atoms with Crippen molar-refractivity contribution in [1.29, 1.82) is 0 Å². The van der Waals surface area contributed by atoms with Crippen LogP contribution in [0.1, 0.15) is 344 Å². The highest BCUT2D eigenvalue weighted by Gasteiger charge is 2.30. The Balaban J connectivity index is 5.25. The smallest absolute Gasteiger partial charge is 0.462 e. The molecule has 19 heteroatoms. The van der Waals surface area contributed by atoms with Gasteiger partial charge in [0.15, 0.2) is 12.2 Å². The Labute approximate surface area is 543 Å². The fourth-order valence-electron chi connectivity index (χ4n) is 10.5. The quantitative estimate of drug-likeness (QED) is 0.0222. The number of hydrogen-bond acceptors (Lipinski definition) is 15. The van der Waals surface area contributed by atoms with Gasteiger partial charge in [-0.2, -0.15) is 0 Å². The maximum atomic E-state index is 13.0. The van der Waals surface area contributed by atoms with Crippen molar-refractivity contribution in [3.63, 3.8) is 0 Å². The van der Waals surface area contributed by atoms with Crippen LogP contribution in [0, 0.1) is 23.7 Å². The lowest BCUT2D eigenvalue weighted by atomic mass is 10.0. The molecule has 0 aliphatic heterocycles. The molecule has 17 nitrogen and oxygen atoms in total. The Morgan fingerprint density at radius 1 is 0.281 bits per heavy atom. The first-order valence-electron chi connectivity index (χ1n) is 36.2. The van der Waals surface area contributed by atoms with Crippen LogP contribution in [-0.4, -0.2) is 96.7 Å². The summed E-state index contributed by atoms with van der Waals surface area (Å²) in [6.45, 7) is 14.1. The van der Waals surface area contributed by atoms with Crippen LogP contribution >= 0.6 is 15.6 Å². The summed E-state index contributed by atoms with van der Waals surface area (Å²) in [4.78, 5) is 72.5. The van der Waals surface area contributed by atoms with Gasteiger partial charge in [-0.25, -0.2) is 9.13 Å². The van der Waals surface area contributed by atoms with Gasteiger partial charge in [0.25, 0.3) is 0 Å². The average molecular weight is 1310 g/mol. The van der Waals surface area contributed by atoms with E-state index in [0.29, 0.717) is 31.6 Å². The zero-order valence-electron chi connectivity index (χ0n) is 58.1. The summed E-state index contributed by atoms with van der Waals surface area (Å²) in [6.07, 6.45) is 41.8. The van der Waals surface area contributed by atoms with Crippen molar-refractivity contribution in [3.05, 3.63) is 0 Å². The molecule has 0 bridgehead atoms. The number of esters is 4. The number of phosphoric acid groups is 2. The second kappa shape index (κ2) is 59.8. The van der Waals surface area contributed by atoms with E-state index in [1.807, 2.05) is 0 Å². The molecule has 5 atom stereocenters. The number of hydrogen-bond donors (Lipinski definition) is 3. The third kappa shape index (κ3) is 64.6. The maximum absolute atomic E-state index is 13.0. The van der Waals surface area contributed by atoms with Crippen molar-refractivity contribution in [2.24, 2.45) is 23.7 Å². The first kappa shape index (κ1) is 87.1. The molecule has 0 spiro atoms. The van der Waals surface area contributed by atoms with Crippen molar-refractivity contribution in [1.82, 2.24) is 0 Å². The van der Waals surface area contributed by atoms with Crippen LogP contribution in [0.25, 0.3) is 0 Å². The van der Waals surface area contributed by atoms with Crippen molar-refractivity contribution < 1.29 is 80.2 Å².